The summed E-state index contributed by atoms with van der Waals surface area (Å²) in [6.07, 6.45) is 0.718. The smallest absolute Gasteiger partial charge is 0.269 e. The highest BCUT2D eigenvalue weighted by atomic mass is 16.6. The first-order chi connectivity index (χ1) is 11.1. The topological polar surface area (TPSA) is 92.5 Å². The highest BCUT2D eigenvalue weighted by Crippen LogP contribution is 2.30. The molecule has 0 radical (unpaired) electrons. The largest absolute Gasteiger partial charge is 0.391 e. The molecular formula is C17H16N2O4. The fourth-order valence-electron chi connectivity index (χ4n) is 2.88. The van der Waals surface area contributed by atoms with E-state index < -0.39 is 17.1 Å². The molecule has 0 unspecified atom stereocenters. The Morgan fingerprint density at radius 3 is 2.57 bits per heavy atom. The minimum Gasteiger partial charge on any atom is -0.391 e. The number of benzene rings is 2. The number of hydrogen-bond acceptors (Lipinski definition) is 4. The van der Waals surface area contributed by atoms with E-state index in [1.807, 2.05) is 24.3 Å². The summed E-state index contributed by atoms with van der Waals surface area (Å²) in [6, 6.07) is 12.6. The molecule has 2 atom stereocenters. The number of rotatable bonds is 3. The lowest BCUT2D eigenvalue weighted by molar-refractivity contribution is -0.384. The number of nitro benzene ring substituents is 1. The van der Waals surface area contributed by atoms with Gasteiger partial charge in [0, 0.05) is 17.7 Å². The molecule has 0 heterocycles. The van der Waals surface area contributed by atoms with Crippen LogP contribution in [0.4, 0.5) is 5.69 Å². The van der Waals surface area contributed by atoms with Gasteiger partial charge in [-0.15, -0.1) is 0 Å². The molecule has 2 aromatic carbocycles. The van der Waals surface area contributed by atoms with Crippen LogP contribution in [0.25, 0.3) is 0 Å². The molecule has 0 fully saturated rings. The van der Waals surface area contributed by atoms with Crippen LogP contribution in [0, 0.1) is 10.1 Å². The van der Waals surface area contributed by atoms with Crippen molar-refractivity contribution in [3.05, 3.63) is 75.3 Å². The van der Waals surface area contributed by atoms with Gasteiger partial charge in [-0.1, -0.05) is 24.3 Å². The van der Waals surface area contributed by atoms with Crippen LogP contribution < -0.4 is 5.32 Å². The highest BCUT2D eigenvalue weighted by molar-refractivity contribution is 5.94. The van der Waals surface area contributed by atoms with Gasteiger partial charge in [0.15, 0.2) is 0 Å². The van der Waals surface area contributed by atoms with Crippen molar-refractivity contribution in [1.29, 1.82) is 0 Å². The number of nitrogens with one attached hydrogen (secondary N) is 1. The van der Waals surface area contributed by atoms with E-state index >= 15 is 0 Å². The molecule has 3 rings (SSSR count). The lowest BCUT2D eigenvalue weighted by atomic mass is 9.85. The molecule has 118 valence electrons. The van der Waals surface area contributed by atoms with Crippen LogP contribution in [0.15, 0.2) is 48.5 Å². The first-order valence-electron chi connectivity index (χ1n) is 7.37. The number of carbonyl (C=O) groups is 1. The van der Waals surface area contributed by atoms with E-state index in [-0.39, 0.29) is 11.6 Å². The summed E-state index contributed by atoms with van der Waals surface area (Å²) in [5.74, 6) is -0.361. The van der Waals surface area contributed by atoms with Crippen molar-refractivity contribution in [3.63, 3.8) is 0 Å². The molecule has 1 aliphatic carbocycles. The maximum Gasteiger partial charge on any atom is 0.269 e. The van der Waals surface area contributed by atoms with Gasteiger partial charge in [0.1, 0.15) is 0 Å². The van der Waals surface area contributed by atoms with E-state index in [4.69, 9.17) is 0 Å². The fourth-order valence-corrected chi connectivity index (χ4v) is 2.88. The number of aliphatic hydroxyl groups is 1. The minimum absolute atomic E-state index is 0.0652. The van der Waals surface area contributed by atoms with Gasteiger partial charge in [-0.3, -0.25) is 14.9 Å². The number of aryl methyl sites for hydroxylation is 1. The summed E-state index contributed by atoms with van der Waals surface area (Å²) in [7, 11) is 0. The number of amides is 1. The monoisotopic (exact) mass is 312 g/mol. The van der Waals surface area contributed by atoms with Crippen molar-refractivity contribution >= 4 is 11.6 Å². The number of hydrogen-bond donors (Lipinski definition) is 2. The Kier molecular flexibility index (Phi) is 4.08. The molecular weight excluding hydrogens is 296 g/mol. The van der Waals surface area contributed by atoms with Crippen LogP contribution in [0.3, 0.4) is 0 Å². The molecule has 6 heteroatoms. The van der Waals surface area contributed by atoms with Crippen molar-refractivity contribution < 1.29 is 14.8 Å². The Morgan fingerprint density at radius 1 is 1.17 bits per heavy atom. The summed E-state index contributed by atoms with van der Waals surface area (Å²) in [5, 5.41) is 23.7. The van der Waals surface area contributed by atoms with Crippen molar-refractivity contribution in [2.75, 3.05) is 0 Å². The van der Waals surface area contributed by atoms with Gasteiger partial charge in [0.2, 0.25) is 0 Å². The number of nitro groups is 1. The molecule has 23 heavy (non-hydrogen) atoms. The quantitative estimate of drug-likeness (QED) is 0.672. The molecule has 0 aliphatic heterocycles. The van der Waals surface area contributed by atoms with Crippen molar-refractivity contribution in [1.82, 2.24) is 5.32 Å². The van der Waals surface area contributed by atoms with E-state index in [1.165, 1.54) is 24.3 Å². The van der Waals surface area contributed by atoms with Gasteiger partial charge in [0.25, 0.3) is 11.6 Å². The van der Waals surface area contributed by atoms with Gasteiger partial charge in [-0.2, -0.15) is 0 Å². The van der Waals surface area contributed by atoms with E-state index in [0.717, 1.165) is 17.5 Å². The summed E-state index contributed by atoms with van der Waals surface area (Å²) in [4.78, 5) is 22.5. The molecule has 2 aromatic rings. The molecule has 0 aromatic heterocycles. The Balaban J connectivity index is 1.81. The SMILES string of the molecule is O=C(N[C@@H]1c2ccccc2CC[C@H]1O)c1ccc([N+](=O)[O-])cc1. The third kappa shape index (κ3) is 3.07. The van der Waals surface area contributed by atoms with E-state index in [2.05, 4.69) is 5.32 Å². The first kappa shape index (κ1) is 15.2. The zero-order valence-electron chi connectivity index (χ0n) is 12.3. The number of aliphatic hydroxyl groups excluding tert-OH is 1. The van der Waals surface area contributed by atoms with Crippen LogP contribution in [0.1, 0.15) is 33.9 Å². The number of fused-ring (bicyclic) bond motifs is 1. The average molecular weight is 312 g/mol. The second-order valence-electron chi connectivity index (χ2n) is 5.56. The van der Waals surface area contributed by atoms with Crippen LogP contribution in [0.5, 0.6) is 0 Å². The van der Waals surface area contributed by atoms with Gasteiger partial charge in [-0.25, -0.2) is 0 Å². The summed E-state index contributed by atoms with van der Waals surface area (Å²) < 4.78 is 0. The minimum atomic E-state index is -0.646. The molecule has 0 saturated heterocycles. The number of nitrogens with zero attached hydrogens (tertiary/aromatic N) is 1. The lowest BCUT2D eigenvalue weighted by Crippen LogP contribution is -2.39. The number of carbonyl (C=O) groups excluding carboxylic acids is 1. The molecule has 0 spiro atoms. The summed E-state index contributed by atoms with van der Waals surface area (Å²) in [6.45, 7) is 0. The van der Waals surface area contributed by atoms with E-state index in [0.29, 0.717) is 12.0 Å². The van der Waals surface area contributed by atoms with E-state index in [1.54, 1.807) is 0 Å². The predicted molar refractivity (Wildman–Crippen MR) is 84.1 cm³/mol. The van der Waals surface area contributed by atoms with Crippen LogP contribution in [-0.2, 0) is 6.42 Å². The average Bonchev–Trinajstić information content (AvgIpc) is 2.57. The Bertz CT molecular complexity index is 743. The molecule has 2 N–H and O–H groups in total. The third-order valence-corrected chi connectivity index (χ3v) is 4.11. The Morgan fingerprint density at radius 2 is 1.87 bits per heavy atom. The normalized spacial score (nSPS) is 19.7. The molecule has 0 bridgehead atoms. The van der Waals surface area contributed by atoms with Crippen molar-refractivity contribution in [2.24, 2.45) is 0 Å². The van der Waals surface area contributed by atoms with E-state index in [9.17, 15) is 20.0 Å². The third-order valence-electron chi connectivity index (χ3n) is 4.11. The molecule has 6 nitrogen and oxygen atoms in total. The second kappa shape index (κ2) is 6.18. The Labute approximate surface area is 132 Å². The maximum atomic E-state index is 12.4. The lowest BCUT2D eigenvalue weighted by Gasteiger charge is -2.31. The van der Waals surface area contributed by atoms with Gasteiger partial charge in [0.05, 0.1) is 17.1 Å². The maximum absolute atomic E-state index is 12.4. The number of non-ortho nitro benzene ring substituents is 1. The zero-order valence-corrected chi connectivity index (χ0v) is 12.3. The second-order valence-corrected chi connectivity index (χ2v) is 5.56. The van der Waals surface area contributed by atoms with Gasteiger partial charge >= 0.3 is 0 Å². The first-order valence-corrected chi connectivity index (χ1v) is 7.37. The summed E-state index contributed by atoms with van der Waals surface area (Å²) in [5.41, 5.74) is 2.30. The summed E-state index contributed by atoms with van der Waals surface area (Å²) >= 11 is 0. The molecule has 1 aliphatic rings. The van der Waals surface area contributed by atoms with Gasteiger partial charge < -0.3 is 10.4 Å². The standard InChI is InChI=1S/C17H16N2O4/c20-15-10-7-11-3-1-2-4-14(11)16(15)18-17(21)12-5-8-13(9-6-12)19(22)23/h1-6,8-9,15-16,20H,7,10H2,(H,18,21)/t15-,16-/m1/s1. The highest BCUT2D eigenvalue weighted by Gasteiger charge is 2.29. The fraction of sp³-hybridized carbons (Fsp3) is 0.235. The Hall–Kier alpha value is -2.73. The molecule has 0 saturated carbocycles. The van der Waals surface area contributed by atoms with Crippen LogP contribution in [-0.4, -0.2) is 22.0 Å². The zero-order chi connectivity index (χ0) is 16.4. The van der Waals surface area contributed by atoms with Crippen molar-refractivity contribution in [3.8, 4) is 0 Å². The molecule has 1 amide bonds. The van der Waals surface area contributed by atoms with Crippen molar-refractivity contribution in [2.45, 2.75) is 25.0 Å². The van der Waals surface area contributed by atoms with Crippen LogP contribution >= 0.6 is 0 Å². The predicted octanol–water partition coefficient (Wildman–Crippen LogP) is 2.37. The van der Waals surface area contributed by atoms with Crippen LogP contribution in [0.2, 0.25) is 0 Å². The van der Waals surface area contributed by atoms with Gasteiger partial charge in [-0.05, 0) is 36.1 Å².